The van der Waals surface area contributed by atoms with E-state index in [9.17, 15) is 9.59 Å². The molecule has 1 aliphatic heterocycles. The predicted octanol–water partition coefficient (Wildman–Crippen LogP) is 1.37. The molecule has 0 amide bonds. The fourth-order valence-corrected chi connectivity index (χ4v) is 0.483. The van der Waals surface area contributed by atoms with Gasteiger partial charge < -0.3 is 19.3 Å². The Hall–Kier alpha value is -1.72. The van der Waals surface area contributed by atoms with E-state index in [1.54, 1.807) is 0 Å². The number of hydrogen-bond acceptors (Lipinski definition) is 5. The molecule has 0 saturated carbocycles. The molecule has 1 fully saturated rings. The summed E-state index contributed by atoms with van der Waals surface area (Å²) in [4.78, 5) is 19.3. The second-order valence-electron chi connectivity index (χ2n) is 1.85. The molecule has 1 saturated heterocycles. The van der Waals surface area contributed by atoms with Crippen LogP contribution in [-0.4, -0.2) is 30.6 Å². The summed E-state index contributed by atoms with van der Waals surface area (Å²) in [6.45, 7) is 4.02. The maximum Gasteiger partial charge on any atom is 0.510 e. The minimum absolute atomic E-state index is 0.513. The normalized spacial score (nSPS) is 14.0. The van der Waals surface area contributed by atoms with Crippen molar-refractivity contribution in [1.82, 2.24) is 0 Å². The molecular formula is C7H10O6. The van der Waals surface area contributed by atoms with Crippen LogP contribution in [0.15, 0.2) is 12.8 Å². The molecule has 0 radical (unpaired) electrons. The van der Waals surface area contributed by atoms with Crippen molar-refractivity contribution in [2.24, 2.45) is 0 Å². The second-order valence-corrected chi connectivity index (χ2v) is 1.85. The number of carbonyl (C=O) groups excluding carboxylic acids is 1. The van der Waals surface area contributed by atoms with E-state index in [1.165, 1.54) is 0 Å². The van der Waals surface area contributed by atoms with Gasteiger partial charge in [0.1, 0.15) is 0 Å². The maximum absolute atomic E-state index is 10.0. The Morgan fingerprint density at radius 2 is 2.08 bits per heavy atom. The number of rotatable bonds is 1. The molecule has 1 aliphatic rings. The van der Waals surface area contributed by atoms with Crippen molar-refractivity contribution >= 4 is 12.3 Å². The van der Waals surface area contributed by atoms with Crippen molar-refractivity contribution in [2.45, 2.75) is 6.42 Å². The van der Waals surface area contributed by atoms with Gasteiger partial charge in [0.25, 0.3) is 0 Å². The highest BCUT2D eigenvalue weighted by molar-refractivity contribution is 5.60. The van der Waals surface area contributed by atoms with Crippen LogP contribution in [0.25, 0.3) is 0 Å². The average molecular weight is 190 g/mol. The Bertz CT molecular complexity index is 179. The van der Waals surface area contributed by atoms with E-state index in [4.69, 9.17) is 5.11 Å². The molecule has 1 N–H and O–H groups in total. The first-order valence-electron chi connectivity index (χ1n) is 3.47. The lowest BCUT2D eigenvalue weighted by Crippen LogP contribution is -2.16. The van der Waals surface area contributed by atoms with Gasteiger partial charge in [0, 0.05) is 6.42 Å². The van der Waals surface area contributed by atoms with Crippen molar-refractivity contribution in [2.75, 3.05) is 13.2 Å². The van der Waals surface area contributed by atoms with Gasteiger partial charge in [-0.3, -0.25) is 0 Å². The van der Waals surface area contributed by atoms with Gasteiger partial charge in [0.05, 0.1) is 19.5 Å². The standard InChI is InChI=1S/C4H6O3.C3H4O3/c5-4-6-2-1-3-7-4;1-2-6-3(4)5/h1-3H2;2H,1H2,(H,4,5). The fraction of sp³-hybridized carbons (Fsp3) is 0.429. The zero-order valence-corrected chi connectivity index (χ0v) is 6.89. The Balaban J connectivity index is 0.000000226. The van der Waals surface area contributed by atoms with Crippen molar-refractivity contribution in [3.05, 3.63) is 12.8 Å². The largest absolute Gasteiger partial charge is 0.510 e. The third kappa shape index (κ3) is 8.18. The molecule has 0 aromatic heterocycles. The van der Waals surface area contributed by atoms with Gasteiger partial charge in [-0.05, 0) is 0 Å². The fourth-order valence-electron chi connectivity index (χ4n) is 0.483. The van der Waals surface area contributed by atoms with Crippen LogP contribution in [0.4, 0.5) is 9.59 Å². The van der Waals surface area contributed by atoms with Crippen molar-refractivity contribution in [3.8, 4) is 0 Å². The summed E-state index contributed by atoms with van der Waals surface area (Å²) in [5, 5.41) is 7.62. The molecule has 6 nitrogen and oxygen atoms in total. The topological polar surface area (TPSA) is 82.1 Å². The van der Waals surface area contributed by atoms with Gasteiger partial charge in [-0.1, -0.05) is 6.58 Å². The number of carbonyl (C=O) groups is 2. The molecule has 13 heavy (non-hydrogen) atoms. The summed E-state index contributed by atoms with van der Waals surface area (Å²) in [6, 6.07) is 0. The molecule has 1 rings (SSSR count). The van der Waals surface area contributed by atoms with Gasteiger partial charge in [-0.15, -0.1) is 0 Å². The third-order valence-corrected chi connectivity index (χ3v) is 0.913. The lowest BCUT2D eigenvalue weighted by atomic mass is 10.5. The third-order valence-electron chi connectivity index (χ3n) is 0.913. The molecule has 0 unspecified atom stereocenters. The van der Waals surface area contributed by atoms with Gasteiger partial charge in [-0.2, -0.15) is 0 Å². The van der Waals surface area contributed by atoms with E-state index in [2.05, 4.69) is 20.8 Å². The molecule has 6 heteroatoms. The van der Waals surface area contributed by atoms with Gasteiger partial charge in [0.15, 0.2) is 0 Å². The zero-order valence-electron chi connectivity index (χ0n) is 6.89. The Kier molecular flexibility index (Phi) is 6.04. The monoisotopic (exact) mass is 190 g/mol. The first-order valence-corrected chi connectivity index (χ1v) is 3.47. The molecule has 0 aromatic rings. The Morgan fingerprint density at radius 1 is 1.54 bits per heavy atom. The quantitative estimate of drug-likeness (QED) is 0.496. The van der Waals surface area contributed by atoms with Gasteiger partial charge in [0.2, 0.25) is 0 Å². The Morgan fingerprint density at radius 3 is 2.23 bits per heavy atom. The van der Waals surface area contributed by atoms with Crippen molar-refractivity contribution in [3.63, 3.8) is 0 Å². The first-order chi connectivity index (χ1) is 6.16. The van der Waals surface area contributed by atoms with E-state index in [0.29, 0.717) is 13.2 Å². The number of ether oxygens (including phenoxy) is 3. The minimum atomic E-state index is -1.33. The molecule has 74 valence electrons. The van der Waals surface area contributed by atoms with Crippen LogP contribution < -0.4 is 0 Å². The van der Waals surface area contributed by atoms with Crippen LogP contribution >= 0.6 is 0 Å². The SMILES string of the molecule is C=COC(=O)O.O=C1OCCCO1. The minimum Gasteiger partial charge on any atom is -0.449 e. The van der Waals surface area contributed by atoms with E-state index in [1.807, 2.05) is 0 Å². The smallest absolute Gasteiger partial charge is 0.449 e. The zero-order chi connectivity index (χ0) is 10.1. The van der Waals surface area contributed by atoms with Crippen LogP contribution in [0.2, 0.25) is 0 Å². The molecular weight excluding hydrogens is 180 g/mol. The van der Waals surface area contributed by atoms with E-state index >= 15 is 0 Å². The number of hydrogen-bond donors (Lipinski definition) is 1. The summed E-state index contributed by atoms with van der Waals surface area (Å²) >= 11 is 0. The van der Waals surface area contributed by atoms with E-state index in [0.717, 1.165) is 12.7 Å². The van der Waals surface area contributed by atoms with E-state index in [-0.39, 0.29) is 0 Å². The molecule has 0 aromatic carbocycles. The van der Waals surface area contributed by atoms with Crippen molar-refractivity contribution in [1.29, 1.82) is 0 Å². The molecule has 0 aliphatic carbocycles. The molecule has 0 bridgehead atoms. The van der Waals surface area contributed by atoms with Crippen molar-refractivity contribution < 1.29 is 28.9 Å². The number of carboxylic acid groups (broad SMARTS) is 1. The highest BCUT2D eigenvalue weighted by Crippen LogP contribution is 1.95. The highest BCUT2D eigenvalue weighted by Gasteiger charge is 2.07. The van der Waals surface area contributed by atoms with E-state index < -0.39 is 12.3 Å². The lowest BCUT2D eigenvalue weighted by molar-refractivity contribution is 0.0192. The lowest BCUT2D eigenvalue weighted by Gasteiger charge is -2.09. The molecule has 1 heterocycles. The molecule has 0 spiro atoms. The predicted molar refractivity (Wildman–Crippen MR) is 41.2 cm³/mol. The summed E-state index contributed by atoms with van der Waals surface area (Å²) in [5.41, 5.74) is 0. The van der Waals surface area contributed by atoms with Gasteiger partial charge >= 0.3 is 12.3 Å². The van der Waals surface area contributed by atoms with Crippen LogP contribution in [0.3, 0.4) is 0 Å². The van der Waals surface area contributed by atoms with Crippen LogP contribution in [0.1, 0.15) is 6.42 Å². The summed E-state index contributed by atoms with van der Waals surface area (Å²) in [7, 11) is 0. The van der Waals surface area contributed by atoms with Crippen LogP contribution in [0.5, 0.6) is 0 Å². The molecule has 0 atom stereocenters. The van der Waals surface area contributed by atoms with Crippen LogP contribution in [-0.2, 0) is 14.2 Å². The summed E-state index contributed by atoms with van der Waals surface area (Å²) < 4.78 is 12.6. The number of cyclic esters (lactones) is 2. The maximum atomic E-state index is 10.0. The highest BCUT2D eigenvalue weighted by atomic mass is 16.7. The van der Waals surface area contributed by atoms with Crippen LogP contribution in [0, 0.1) is 0 Å². The Labute approximate surface area is 74.7 Å². The summed E-state index contributed by atoms with van der Waals surface area (Å²) in [5.74, 6) is 0. The van der Waals surface area contributed by atoms with Gasteiger partial charge in [-0.25, -0.2) is 9.59 Å². The average Bonchev–Trinajstić information content (AvgIpc) is 2.06. The first kappa shape index (κ1) is 11.3. The second kappa shape index (κ2) is 6.96. The summed E-state index contributed by atoms with van der Waals surface area (Å²) in [6.07, 6.45) is -0.190.